The van der Waals surface area contributed by atoms with E-state index in [9.17, 15) is 4.79 Å². The quantitative estimate of drug-likeness (QED) is 0.512. The molecule has 4 aromatic rings. The zero-order valence-electron chi connectivity index (χ0n) is 16.3. The van der Waals surface area contributed by atoms with Crippen LogP contribution in [-0.2, 0) is 0 Å². The number of pyridine rings is 1. The second-order valence-electron chi connectivity index (χ2n) is 7.41. The largest absolute Gasteiger partial charge is 0.383 e. The molecule has 150 valence electrons. The third-order valence-corrected chi connectivity index (χ3v) is 5.38. The standard InChI is InChI=1S/C22H21N7O/c23-20-18(22(30)26-14-7-1-2-8-14)19-21(28-17-11-4-3-10-16(17)27-19)29(20)25-13-15-9-5-6-12-24-15/h3-6,9-14H,1-2,7-8,23H2,(H,26,30). The van der Waals surface area contributed by atoms with Crippen LogP contribution in [0.4, 0.5) is 5.82 Å². The molecule has 3 aromatic heterocycles. The SMILES string of the molecule is Nc1c(C(=O)NC2CCCC2)c2nc3ccccc3nc2n1N=Cc1ccccn1. The Balaban J connectivity index is 1.66. The van der Waals surface area contributed by atoms with Gasteiger partial charge in [0, 0.05) is 12.2 Å². The lowest BCUT2D eigenvalue weighted by Gasteiger charge is -2.11. The molecule has 0 unspecified atom stereocenters. The summed E-state index contributed by atoms with van der Waals surface area (Å²) in [7, 11) is 0. The first-order valence-corrected chi connectivity index (χ1v) is 10.0. The number of hydrogen-bond acceptors (Lipinski definition) is 6. The summed E-state index contributed by atoms with van der Waals surface area (Å²) >= 11 is 0. The average Bonchev–Trinajstić information content (AvgIpc) is 3.36. The Hall–Kier alpha value is -3.81. The number of nitrogens with one attached hydrogen (secondary N) is 1. The predicted octanol–water partition coefficient (Wildman–Crippen LogP) is 3.12. The van der Waals surface area contributed by atoms with Crippen molar-refractivity contribution in [3.8, 4) is 0 Å². The predicted molar refractivity (Wildman–Crippen MR) is 116 cm³/mol. The summed E-state index contributed by atoms with van der Waals surface area (Å²) < 4.78 is 1.47. The van der Waals surface area contributed by atoms with E-state index >= 15 is 0 Å². The van der Waals surface area contributed by atoms with Crippen molar-refractivity contribution >= 4 is 40.1 Å². The van der Waals surface area contributed by atoms with E-state index < -0.39 is 0 Å². The molecule has 0 aliphatic heterocycles. The normalized spacial score (nSPS) is 14.8. The number of benzene rings is 1. The summed E-state index contributed by atoms with van der Waals surface area (Å²) in [4.78, 5) is 26.8. The van der Waals surface area contributed by atoms with Crippen molar-refractivity contribution in [1.82, 2.24) is 24.9 Å². The maximum Gasteiger partial charge on any atom is 0.257 e. The molecule has 1 amide bonds. The van der Waals surface area contributed by atoms with Crippen LogP contribution in [0.2, 0.25) is 0 Å². The Morgan fingerprint density at radius 1 is 1.10 bits per heavy atom. The first-order chi connectivity index (χ1) is 14.7. The molecule has 1 aromatic carbocycles. The van der Waals surface area contributed by atoms with Gasteiger partial charge in [0.15, 0.2) is 5.65 Å². The highest BCUT2D eigenvalue weighted by molar-refractivity contribution is 6.10. The van der Waals surface area contributed by atoms with E-state index in [1.54, 1.807) is 12.4 Å². The fourth-order valence-electron chi connectivity index (χ4n) is 3.89. The van der Waals surface area contributed by atoms with Gasteiger partial charge in [-0.05, 0) is 37.1 Å². The number of aromatic nitrogens is 4. The van der Waals surface area contributed by atoms with Crippen LogP contribution in [0.1, 0.15) is 41.7 Å². The van der Waals surface area contributed by atoms with Gasteiger partial charge < -0.3 is 11.1 Å². The molecule has 3 heterocycles. The van der Waals surface area contributed by atoms with Gasteiger partial charge in [-0.15, -0.1) is 0 Å². The minimum absolute atomic E-state index is 0.167. The molecule has 8 heteroatoms. The molecule has 30 heavy (non-hydrogen) atoms. The Kier molecular flexibility index (Phi) is 4.59. The summed E-state index contributed by atoms with van der Waals surface area (Å²) in [6.07, 6.45) is 7.49. The van der Waals surface area contributed by atoms with Gasteiger partial charge in [0.1, 0.15) is 16.9 Å². The summed E-state index contributed by atoms with van der Waals surface area (Å²) in [5, 5.41) is 7.57. The molecule has 0 radical (unpaired) electrons. The summed E-state index contributed by atoms with van der Waals surface area (Å²) in [6, 6.07) is 13.2. The van der Waals surface area contributed by atoms with Crippen LogP contribution in [0.15, 0.2) is 53.8 Å². The van der Waals surface area contributed by atoms with Gasteiger partial charge in [-0.3, -0.25) is 9.78 Å². The monoisotopic (exact) mass is 399 g/mol. The zero-order chi connectivity index (χ0) is 20.5. The Labute approximate surface area is 172 Å². The van der Waals surface area contributed by atoms with Crippen LogP contribution in [0.25, 0.3) is 22.2 Å². The van der Waals surface area contributed by atoms with Crippen molar-refractivity contribution in [3.63, 3.8) is 0 Å². The zero-order valence-corrected chi connectivity index (χ0v) is 16.3. The average molecular weight is 399 g/mol. The molecule has 0 bridgehead atoms. The molecule has 3 N–H and O–H groups in total. The summed E-state index contributed by atoms with van der Waals surface area (Å²) in [5.74, 6) is -0.0243. The second-order valence-corrected chi connectivity index (χ2v) is 7.41. The number of nitrogens with zero attached hydrogens (tertiary/aromatic N) is 5. The van der Waals surface area contributed by atoms with Crippen molar-refractivity contribution in [1.29, 1.82) is 0 Å². The topological polar surface area (TPSA) is 111 Å². The third-order valence-electron chi connectivity index (χ3n) is 5.38. The maximum absolute atomic E-state index is 13.1. The van der Waals surface area contributed by atoms with Gasteiger partial charge in [-0.25, -0.2) is 9.97 Å². The molecule has 1 aliphatic carbocycles. The van der Waals surface area contributed by atoms with E-state index in [0.29, 0.717) is 33.5 Å². The molecule has 1 fully saturated rings. The van der Waals surface area contributed by atoms with Crippen LogP contribution in [0.3, 0.4) is 0 Å². The van der Waals surface area contributed by atoms with Crippen molar-refractivity contribution in [3.05, 3.63) is 59.9 Å². The van der Waals surface area contributed by atoms with Crippen molar-refractivity contribution < 1.29 is 4.79 Å². The molecule has 0 spiro atoms. The fourth-order valence-corrected chi connectivity index (χ4v) is 3.89. The van der Waals surface area contributed by atoms with Crippen LogP contribution in [0, 0.1) is 0 Å². The van der Waals surface area contributed by atoms with Gasteiger partial charge in [0.25, 0.3) is 5.91 Å². The van der Waals surface area contributed by atoms with Crippen LogP contribution < -0.4 is 11.1 Å². The lowest BCUT2D eigenvalue weighted by Crippen LogP contribution is -2.33. The number of amides is 1. The first kappa shape index (κ1) is 18.2. The minimum Gasteiger partial charge on any atom is -0.383 e. The molecule has 0 atom stereocenters. The highest BCUT2D eigenvalue weighted by atomic mass is 16.1. The van der Waals surface area contributed by atoms with Crippen LogP contribution >= 0.6 is 0 Å². The molecule has 1 saturated carbocycles. The van der Waals surface area contributed by atoms with Gasteiger partial charge >= 0.3 is 0 Å². The van der Waals surface area contributed by atoms with E-state index in [4.69, 9.17) is 15.7 Å². The number of rotatable bonds is 4. The van der Waals surface area contributed by atoms with Crippen molar-refractivity contribution in [2.45, 2.75) is 31.7 Å². The molecular weight excluding hydrogens is 378 g/mol. The first-order valence-electron chi connectivity index (χ1n) is 10.0. The van der Waals surface area contributed by atoms with Crippen molar-refractivity contribution in [2.75, 3.05) is 5.73 Å². The second kappa shape index (κ2) is 7.55. The lowest BCUT2D eigenvalue weighted by atomic mass is 10.2. The van der Waals surface area contributed by atoms with E-state index in [1.165, 1.54) is 4.68 Å². The number of para-hydroxylation sites is 2. The Bertz CT molecular complexity index is 1260. The van der Waals surface area contributed by atoms with Gasteiger partial charge in [-0.1, -0.05) is 31.0 Å². The number of nitrogen functional groups attached to an aromatic ring is 1. The minimum atomic E-state index is -0.235. The number of hydrogen-bond donors (Lipinski definition) is 2. The Morgan fingerprint density at radius 3 is 2.57 bits per heavy atom. The highest BCUT2D eigenvalue weighted by Crippen LogP contribution is 2.28. The van der Waals surface area contributed by atoms with E-state index in [2.05, 4.69) is 15.4 Å². The molecule has 8 nitrogen and oxygen atoms in total. The number of carbonyl (C=O) groups is 1. The van der Waals surface area contributed by atoms with E-state index in [0.717, 1.165) is 25.7 Å². The van der Waals surface area contributed by atoms with Gasteiger partial charge in [0.05, 0.1) is 22.9 Å². The van der Waals surface area contributed by atoms with E-state index in [1.807, 2.05) is 42.5 Å². The van der Waals surface area contributed by atoms with Gasteiger partial charge in [-0.2, -0.15) is 9.78 Å². The lowest BCUT2D eigenvalue weighted by molar-refractivity contribution is 0.0940. The maximum atomic E-state index is 13.1. The third kappa shape index (κ3) is 3.26. The summed E-state index contributed by atoms with van der Waals surface area (Å²) in [5.41, 5.74) is 9.68. The summed E-state index contributed by atoms with van der Waals surface area (Å²) in [6.45, 7) is 0. The van der Waals surface area contributed by atoms with Crippen LogP contribution in [-0.4, -0.2) is 37.8 Å². The van der Waals surface area contributed by atoms with E-state index in [-0.39, 0.29) is 17.8 Å². The molecule has 5 rings (SSSR count). The fraction of sp³-hybridized carbons (Fsp3) is 0.227. The smallest absolute Gasteiger partial charge is 0.257 e. The molecular formula is C22H21N7O. The van der Waals surface area contributed by atoms with Crippen LogP contribution in [0.5, 0.6) is 0 Å². The number of fused-ring (bicyclic) bond motifs is 2. The number of nitrogens with two attached hydrogens (primary N) is 1. The number of anilines is 1. The molecule has 0 saturated heterocycles. The highest BCUT2D eigenvalue weighted by Gasteiger charge is 2.26. The number of carbonyl (C=O) groups excluding carboxylic acids is 1. The van der Waals surface area contributed by atoms with Crippen molar-refractivity contribution in [2.24, 2.45) is 5.10 Å². The Morgan fingerprint density at radius 2 is 1.83 bits per heavy atom. The van der Waals surface area contributed by atoms with Gasteiger partial charge in [0.2, 0.25) is 0 Å². The molecule has 1 aliphatic rings.